The average molecular weight is 235 g/mol. The van der Waals surface area contributed by atoms with Gasteiger partial charge in [0.2, 0.25) is 5.91 Å². The third kappa shape index (κ3) is 4.53. The van der Waals surface area contributed by atoms with Gasteiger partial charge in [-0.25, -0.2) is 0 Å². The van der Waals surface area contributed by atoms with Crippen molar-refractivity contribution in [2.45, 2.75) is 39.3 Å². The van der Waals surface area contributed by atoms with Gasteiger partial charge in [-0.3, -0.25) is 9.78 Å². The number of nitrogens with two attached hydrogens (primary N) is 1. The molecule has 1 aromatic rings. The summed E-state index contributed by atoms with van der Waals surface area (Å²) in [5.74, 6) is 0.161. The van der Waals surface area contributed by atoms with Crippen molar-refractivity contribution >= 4 is 5.91 Å². The normalized spacial score (nSPS) is 10.6. The molecule has 0 aliphatic rings. The van der Waals surface area contributed by atoms with E-state index in [1.807, 2.05) is 30.9 Å². The van der Waals surface area contributed by atoms with Crippen LogP contribution in [0.2, 0.25) is 0 Å². The fourth-order valence-electron chi connectivity index (χ4n) is 1.64. The standard InChI is InChI=1S/C13H21N3O/c1-11(2)16(13(17)6-3-7-14)10-12-5-4-8-15-9-12/h4-5,8-9,11H,3,6-7,10,14H2,1-2H3. The highest BCUT2D eigenvalue weighted by Crippen LogP contribution is 2.09. The zero-order chi connectivity index (χ0) is 12.7. The molecule has 1 heterocycles. The van der Waals surface area contributed by atoms with Crippen molar-refractivity contribution in [3.05, 3.63) is 30.1 Å². The van der Waals surface area contributed by atoms with E-state index >= 15 is 0 Å². The second-order valence-electron chi connectivity index (χ2n) is 4.37. The Kier molecular flexibility index (Phi) is 5.63. The van der Waals surface area contributed by atoms with Gasteiger partial charge in [-0.2, -0.15) is 0 Å². The minimum atomic E-state index is 0.161. The summed E-state index contributed by atoms with van der Waals surface area (Å²) < 4.78 is 0. The summed E-state index contributed by atoms with van der Waals surface area (Å²) in [7, 11) is 0. The second kappa shape index (κ2) is 7.01. The molecule has 94 valence electrons. The monoisotopic (exact) mass is 235 g/mol. The lowest BCUT2D eigenvalue weighted by Crippen LogP contribution is -2.36. The first-order chi connectivity index (χ1) is 8.15. The first-order valence-corrected chi connectivity index (χ1v) is 6.03. The Labute approximate surface area is 103 Å². The number of amides is 1. The number of rotatable bonds is 6. The number of aromatic nitrogens is 1. The van der Waals surface area contributed by atoms with Crippen LogP contribution in [0.1, 0.15) is 32.3 Å². The lowest BCUT2D eigenvalue weighted by Gasteiger charge is -2.26. The average Bonchev–Trinajstić information content (AvgIpc) is 2.34. The molecule has 0 radical (unpaired) electrons. The van der Waals surface area contributed by atoms with Gasteiger partial charge in [-0.05, 0) is 38.4 Å². The number of carbonyl (C=O) groups is 1. The molecule has 0 unspecified atom stereocenters. The van der Waals surface area contributed by atoms with Crippen molar-refractivity contribution in [1.29, 1.82) is 0 Å². The fourth-order valence-corrected chi connectivity index (χ4v) is 1.64. The van der Waals surface area contributed by atoms with Gasteiger partial charge in [0, 0.05) is 31.4 Å². The molecule has 0 bridgehead atoms. The molecule has 0 aliphatic heterocycles. The Balaban J connectivity index is 2.63. The Bertz CT molecular complexity index is 338. The van der Waals surface area contributed by atoms with Crippen LogP contribution in [0.4, 0.5) is 0 Å². The van der Waals surface area contributed by atoms with Crippen LogP contribution >= 0.6 is 0 Å². The highest BCUT2D eigenvalue weighted by atomic mass is 16.2. The molecule has 0 aliphatic carbocycles. The van der Waals surface area contributed by atoms with Gasteiger partial charge in [0.25, 0.3) is 0 Å². The highest BCUT2D eigenvalue weighted by molar-refractivity contribution is 5.76. The summed E-state index contributed by atoms with van der Waals surface area (Å²) in [5, 5.41) is 0. The SMILES string of the molecule is CC(C)N(Cc1cccnc1)C(=O)CCCN. The Morgan fingerprint density at radius 2 is 2.29 bits per heavy atom. The van der Waals surface area contributed by atoms with Gasteiger partial charge in [-0.15, -0.1) is 0 Å². The number of pyridine rings is 1. The Morgan fingerprint density at radius 3 is 2.82 bits per heavy atom. The van der Waals surface area contributed by atoms with Gasteiger partial charge in [-0.1, -0.05) is 6.07 Å². The van der Waals surface area contributed by atoms with E-state index in [0.717, 1.165) is 12.0 Å². The molecule has 0 spiro atoms. The maximum atomic E-state index is 12.0. The van der Waals surface area contributed by atoms with Crippen molar-refractivity contribution in [3.63, 3.8) is 0 Å². The molecular formula is C13H21N3O. The smallest absolute Gasteiger partial charge is 0.223 e. The van der Waals surface area contributed by atoms with Crippen LogP contribution in [0.15, 0.2) is 24.5 Å². The molecule has 0 saturated carbocycles. The molecule has 2 N–H and O–H groups in total. The van der Waals surface area contributed by atoms with E-state index in [4.69, 9.17) is 5.73 Å². The summed E-state index contributed by atoms with van der Waals surface area (Å²) >= 11 is 0. The highest BCUT2D eigenvalue weighted by Gasteiger charge is 2.16. The van der Waals surface area contributed by atoms with Crippen LogP contribution in [0.25, 0.3) is 0 Å². The Morgan fingerprint density at radius 1 is 1.53 bits per heavy atom. The summed E-state index contributed by atoms with van der Waals surface area (Å²) in [5.41, 5.74) is 6.48. The number of hydrogen-bond donors (Lipinski definition) is 1. The third-order valence-electron chi connectivity index (χ3n) is 2.61. The molecule has 0 fully saturated rings. The number of carbonyl (C=O) groups excluding carboxylic acids is 1. The number of hydrogen-bond acceptors (Lipinski definition) is 3. The molecule has 4 nitrogen and oxygen atoms in total. The summed E-state index contributed by atoms with van der Waals surface area (Å²) in [6.07, 6.45) is 4.80. The van der Waals surface area contributed by atoms with Gasteiger partial charge < -0.3 is 10.6 Å². The van der Waals surface area contributed by atoms with Crippen LogP contribution in [-0.4, -0.2) is 28.4 Å². The first kappa shape index (κ1) is 13.6. The summed E-state index contributed by atoms with van der Waals surface area (Å²) in [4.78, 5) is 17.9. The van der Waals surface area contributed by atoms with Crippen LogP contribution < -0.4 is 5.73 Å². The zero-order valence-electron chi connectivity index (χ0n) is 10.6. The van der Waals surface area contributed by atoms with Crippen molar-refractivity contribution in [2.24, 2.45) is 5.73 Å². The molecule has 1 amide bonds. The summed E-state index contributed by atoms with van der Waals surface area (Å²) in [6.45, 7) is 5.23. The van der Waals surface area contributed by atoms with Crippen molar-refractivity contribution < 1.29 is 4.79 Å². The van der Waals surface area contributed by atoms with E-state index in [9.17, 15) is 4.79 Å². The van der Waals surface area contributed by atoms with E-state index in [-0.39, 0.29) is 11.9 Å². The van der Waals surface area contributed by atoms with Gasteiger partial charge in [0.1, 0.15) is 0 Å². The van der Waals surface area contributed by atoms with Crippen LogP contribution in [0, 0.1) is 0 Å². The quantitative estimate of drug-likeness (QED) is 0.814. The maximum Gasteiger partial charge on any atom is 0.223 e. The fraction of sp³-hybridized carbons (Fsp3) is 0.538. The van der Waals surface area contributed by atoms with Crippen molar-refractivity contribution in [3.8, 4) is 0 Å². The molecule has 4 heteroatoms. The van der Waals surface area contributed by atoms with Crippen molar-refractivity contribution in [1.82, 2.24) is 9.88 Å². The van der Waals surface area contributed by atoms with E-state index in [1.165, 1.54) is 0 Å². The molecule has 0 atom stereocenters. The third-order valence-corrected chi connectivity index (χ3v) is 2.61. The van der Waals surface area contributed by atoms with Crippen LogP contribution in [-0.2, 0) is 11.3 Å². The van der Waals surface area contributed by atoms with Gasteiger partial charge >= 0.3 is 0 Å². The second-order valence-corrected chi connectivity index (χ2v) is 4.37. The topological polar surface area (TPSA) is 59.2 Å². The van der Waals surface area contributed by atoms with E-state index < -0.39 is 0 Å². The molecule has 0 aromatic carbocycles. The molecule has 17 heavy (non-hydrogen) atoms. The first-order valence-electron chi connectivity index (χ1n) is 6.03. The predicted molar refractivity (Wildman–Crippen MR) is 68.2 cm³/mol. The largest absolute Gasteiger partial charge is 0.336 e. The van der Waals surface area contributed by atoms with E-state index in [0.29, 0.717) is 19.5 Å². The predicted octanol–water partition coefficient (Wildman–Crippen LogP) is 1.56. The van der Waals surface area contributed by atoms with Gasteiger partial charge in [0.15, 0.2) is 0 Å². The van der Waals surface area contributed by atoms with E-state index in [1.54, 1.807) is 12.4 Å². The molecule has 0 saturated heterocycles. The minimum absolute atomic E-state index is 0.161. The summed E-state index contributed by atoms with van der Waals surface area (Å²) in [6, 6.07) is 4.07. The molecular weight excluding hydrogens is 214 g/mol. The van der Waals surface area contributed by atoms with Crippen LogP contribution in [0.5, 0.6) is 0 Å². The van der Waals surface area contributed by atoms with Gasteiger partial charge in [0.05, 0.1) is 0 Å². The lowest BCUT2D eigenvalue weighted by molar-refractivity contribution is -0.133. The molecule has 1 aromatic heterocycles. The van der Waals surface area contributed by atoms with E-state index in [2.05, 4.69) is 4.98 Å². The molecule has 1 rings (SSSR count). The van der Waals surface area contributed by atoms with Crippen LogP contribution in [0.3, 0.4) is 0 Å². The van der Waals surface area contributed by atoms with Crippen molar-refractivity contribution in [2.75, 3.05) is 6.54 Å². The maximum absolute atomic E-state index is 12.0. The Hall–Kier alpha value is -1.42. The minimum Gasteiger partial charge on any atom is -0.336 e. The number of nitrogens with zero attached hydrogens (tertiary/aromatic N) is 2. The lowest BCUT2D eigenvalue weighted by atomic mass is 10.2. The zero-order valence-corrected chi connectivity index (χ0v) is 10.6.